The highest BCUT2D eigenvalue weighted by Crippen LogP contribution is 2.23. The predicted molar refractivity (Wildman–Crippen MR) is 47.3 cm³/mol. The standard InChI is InChI=1S/C5H3N8O/c6-4-9-2-1(3(14)11-4)8-5(10-2)12-13-7/h(H3,6,9,11,14). The molecule has 0 aromatic carbocycles. The maximum Gasteiger partial charge on any atom is 0.280 e. The Balaban J connectivity index is 2.56. The zero-order valence-electron chi connectivity index (χ0n) is 6.67. The van der Waals surface area contributed by atoms with Gasteiger partial charge in [-0.3, -0.25) is 9.78 Å². The Hall–Kier alpha value is -2.54. The summed E-state index contributed by atoms with van der Waals surface area (Å²) in [6.07, 6.45) is 0. The molecule has 1 aliphatic rings. The number of anilines is 1. The number of azide groups is 1. The van der Waals surface area contributed by atoms with E-state index in [1.54, 1.807) is 0 Å². The maximum atomic E-state index is 11.2. The van der Waals surface area contributed by atoms with Crippen LogP contribution in [0.1, 0.15) is 0 Å². The van der Waals surface area contributed by atoms with Crippen LogP contribution in [0.3, 0.4) is 0 Å². The van der Waals surface area contributed by atoms with Crippen molar-refractivity contribution in [2.45, 2.75) is 0 Å². The molecule has 0 bridgehead atoms. The van der Waals surface area contributed by atoms with Gasteiger partial charge < -0.3 is 5.73 Å². The molecule has 0 saturated carbocycles. The average Bonchev–Trinajstić information content (AvgIpc) is 2.48. The first kappa shape index (κ1) is 8.08. The summed E-state index contributed by atoms with van der Waals surface area (Å²) in [5.41, 5.74) is 12.9. The molecule has 0 amide bonds. The van der Waals surface area contributed by atoms with Crippen LogP contribution in [0.5, 0.6) is 0 Å². The highest BCUT2D eigenvalue weighted by Gasteiger charge is 2.19. The van der Waals surface area contributed by atoms with Crippen molar-refractivity contribution in [2.75, 3.05) is 5.73 Å². The molecule has 3 N–H and O–H groups in total. The van der Waals surface area contributed by atoms with E-state index in [9.17, 15) is 4.79 Å². The van der Waals surface area contributed by atoms with Crippen molar-refractivity contribution in [1.29, 1.82) is 0 Å². The Morgan fingerprint density at radius 1 is 1.57 bits per heavy atom. The number of rotatable bonds is 0. The van der Waals surface area contributed by atoms with Crippen molar-refractivity contribution in [3.63, 3.8) is 0 Å². The van der Waals surface area contributed by atoms with Gasteiger partial charge in [0.05, 0.1) is 0 Å². The molecule has 0 saturated heterocycles. The highest BCUT2D eigenvalue weighted by molar-refractivity contribution is 5.93. The van der Waals surface area contributed by atoms with Gasteiger partial charge in [-0.15, -0.1) is 0 Å². The lowest BCUT2D eigenvalue weighted by molar-refractivity contribution is 1.09. The van der Waals surface area contributed by atoms with Gasteiger partial charge in [-0.2, -0.15) is 4.98 Å². The molecule has 0 spiro atoms. The van der Waals surface area contributed by atoms with Gasteiger partial charge in [0, 0.05) is 4.91 Å². The Morgan fingerprint density at radius 2 is 2.36 bits per heavy atom. The van der Waals surface area contributed by atoms with Crippen molar-refractivity contribution in [2.24, 2.45) is 10.1 Å². The molecule has 0 fully saturated rings. The number of nitrogens with two attached hydrogens (primary N) is 1. The third-order valence-corrected chi connectivity index (χ3v) is 1.45. The Morgan fingerprint density at radius 3 is 3.07 bits per heavy atom. The lowest BCUT2D eigenvalue weighted by atomic mass is 10.5. The first-order chi connectivity index (χ1) is 6.70. The SMILES string of the molecule is [N-]=[N+]=NC1=Nc2c(nc(N)[nH]c2=O)[N]1. The van der Waals surface area contributed by atoms with Crippen LogP contribution in [0.15, 0.2) is 14.9 Å². The average molecular weight is 191 g/mol. The van der Waals surface area contributed by atoms with E-state index < -0.39 is 5.56 Å². The Kier molecular flexibility index (Phi) is 1.58. The minimum absolute atomic E-state index is 0.00148. The lowest BCUT2D eigenvalue weighted by Gasteiger charge is -1.94. The number of nitrogens with one attached hydrogen (secondary N) is 1. The molecule has 1 aliphatic heterocycles. The monoisotopic (exact) mass is 191 g/mol. The van der Waals surface area contributed by atoms with E-state index in [4.69, 9.17) is 11.3 Å². The van der Waals surface area contributed by atoms with Gasteiger partial charge in [0.25, 0.3) is 5.56 Å². The fourth-order valence-corrected chi connectivity index (χ4v) is 0.955. The number of guanidine groups is 1. The maximum absolute atomic E-state index is 11.2. The molecular weight excluding hydrogens is 188 g/mol. The van der Waals surface area contributed by atoms with E-state index in [1.165, 1.54) is 0 Å². The Labute approximate surface area is 76.3 Å². The van der Waals surface area contributed by atoms with Crippen LogP contribution in [-0.4, -0.2) is 15.9 Å². The van der Waals surface area contributed by atoms with Crippen molar-refractivity contribution in [3.05, 3.63) is 20.8 Å². The van der Waals surface area contributed by atoms with Crippen molar-refractivity contribution in [1.82, 2.24) is 15.3 Å². The first-order valence-electron chi connectivity index (χ1n) is 3.46. The number of fused-ring (bicyclic) bond motifs is 1. The quantitative estimate of drug-likeness (QED) is 0.335. The molecule has 1 aromatic rings. The molecule has 1 aromatic heterocycles. The third kappa shape index (κ3) is 1.13. The van der Waals surface area contributed by atoms with Crippen LogP contribution in [0.4, 0.5) is 17.5 Å². The van der Waals surface area contributed by atoms with Crippen LogP contribution >= 0.6 is 0 Å². The van der Waals surface area contributed by atoms with E-state index >= 15 is 0 Å². The van der Waals surface area contributed by atoms with E-state index in [0.29, 0.717) is 0 Å². The second kappa shape index (κ2) is 2.75. The van der Waals surface area contributed by atoms with Crippen molar-refractivity contribution >= 4 is 23.4 Å². The molecule has 2 rings (SSSR count). The molecule has 0 atom stereocenters. The van der Waals surface area contributed by atoms with Crippen LogP contribution in [0.2, 0.25) is 0 Å². The normalized spacial score (nSPS) is 12.4. The second-order valence-electron chi connectivity index (χ2n) is 2.34. The molecule has 9 nitrogen and oxygen atoms in total. The van der Waals surface area contributed by atoms with Gasteiger partial charge in [0.15, 0.2) is 11.5 Å². The van der Waals surface area contributed by atoms with Crippen LogP contribution < -0.4 is 16.6 Å². The summed E-state index contributed by atoms with van der Waals surface area (Å²) in [6.45, 7) is 0. The number of aromatic amines is 1. The summed E-state index contributed by atoms with van der Waals surface area (Å²) in [6, 6.07) is 0. The minimum Gasteiger partial charge on any atom is -0.369 e. The van der Waals surface area contributed by atoms with Gasteiger partial charge in [-0.25, -0.2) is 10.3 Å². The predicted octanol–water partition coefficient (Wildman–Crippen LogP) is -0.101. The summed E-state index contributed by atoms with van der Waals surface area (Å²) < 4.78 is 0. The lowest BCUT2D eigenvalue weighted by Crippen LogP contribution is -2.11. The molecule has 0 aliphatic carbocycles. The van der Waals surface area contributed by atoms with Crippen LogP contribution in [-0.2, 0) is 0 Å². The summed E-state index contributed by atoms with van der Waals surface area (Å²) in [4.78, 5) is 23.3. The number of hydrogen-bond acceptors (Lipinski definition) is 5. The third-order valence-electron chi connectivity index (χ3n) is 1.45. The zero-order valence-corrected chi connectivity index (χ0v) is 6.67. The van der Waals surface area contributed by atoms with Gasteiger partial charge >= 0.3 is 0 Å². The molecule has 14 heavy (non-hydrogen) atoms. The van der Waals surface area contributed by atoms with Gasteiger partial charge in [-0.1, -0.05) is 0 Å². The van der Waals surface area contributed by atoms with E-state index in [2.05, 4.69) is 30.3 Å². The first-order valence-corrected chi connectivity index (χ1v) is 3.46. The molecule has 0 unspecified atom stereocenters. The molecule has 9 heteroatoms. The fraction of sp³-hybridized carbons (Fsp3) is 0. The highest BCUT2D eigenvalue weighted by atomic mass is 16.1. The second-order valence-corrected chi connectivity index (χ2v) is 2.34. The van der Waals surface area contributed by atoms with Crippen molar-refractivity contribution in [3.8, 4) is 0 Å². The summed E-state index contributed by atoms with van der Waals surface area (Å²) in [5.74, 6) is -0.144. The number of nitrogen functional groups attached to an aromatic ring is 1. The number of H-pyrrole nitrogens is 1. The summed E-state index contributed by atoms with van der Waals surface area (Å²) in [7, 11) is 0. The minimum atomic E-state index is -0.514. The van der Waals surface area contributed by atoms with Gasteiger partial charge in [0.2, 0.25) is 11.9 Å². The number of aliphatic imine (C=N–C) groups is 1. The fourth-order valence-electron chi connectivity index (χ4n) is 0.955. The van der Waals surface area contributed by atoms with Gasteiger partial charge in [-0.05, 0) is 10.6 Å². The number of aromatic nitrogens is 2. The molecule has 69 valence electrons. The smallest absolute Gasteiger partial charge is 0.280 e. The van der Waals surface area contributed by atoms with Gasteiger partial charge in [0.1, 0.15) is 0 Å². The molecule has 2 heterocycles. The molecule has 1 radical (unpaired) electrons. The number of nitrogens with zero attached hydrogens (tertiary/aromatic N) is 6. The van der Waals surface area contributed by atoms with E-state index in [-0.39, 0.29) is 23.4 Å². The zero-order chi connectivity index (χ0) is 10.1. The van der Waals surface area contributed by atoms with E-state index in [0.717, 1.165) is 0 Å². The van der Waals surface area contributed by atoms with E-state index in [1.807, 2.05) is 0 Å². The molecular formula is C5H3N8O. The topological polar surface area (TPSA) is 147 Å². The van der Waals surface area contributed by atoms with Crippen molar-refractivity contribution < 1.29 is 0 Å². The summed E-state index contributed by atoms with van der Waals surface area (Å²) >= 11 is 0. The largest absolute Gasteiger partial charge is 0.369 e. The number of hydrogen-bond donors (Lipinski definition) is 2. The van der Waals surface area contributed by atoms with Crippen LogP contribution in [0, 0.1) is 0 Å². The van der Waals surface area contributed by atoms with Crippen LogP contribution in [0.25, 0.3) is 10.4 Å². The Bertz CT molecular complexity index is 521. The summed E-state index contributed by atoms with van der Waals surface area (Å²) in [5, 5.41) is 6.82.